The van der Waals surface area contributed by atoms with Gasteiger partial charge in [0.25, 0.3) is 0 Å². The number of anilines is 1. The first-order chi connectivity index (χ1) is 19.5. The zero-order valence-electron chi connectivity index (χ0n) is 21.0. The Labute approximate surface area is 247 Å². The third kappa shape index (κ3) is 6.49. The van der Waals surface area contributed by atoms with E-state index in [2.05, 4.69) is 25.8 Å². The minimum Gasteiger partial charge on any atom is -0.353 e. The minimum atomic E-state index is -0.157. The number of aromatic nitrogens is 4. The van der Waals surface area contributed by atoms with Gasteiger partial charge < -0.3 is 10.6 Å². The topological polar surface area (TPSA) is 102 Å². The lowest BCUT2D eigenvalue weighted by atomic mass is 10.2. The van der Waals surface area contributed by atoms with Crippen LogP contribution in [-0.4, -0.2) is 49.1 Å². The van der Waals surface area contributed by atoms with Crippen molar-refractivity contribution in [2.75, 3.05) is 16.8 Å². The summed E-state index contributed by atoms with van der Waals surface area (Å²) in [6.07, 6.45) is 2.14. The van der Waals surface area contributed by atoms with Crippen molar-refractivity contribution in [3.05, 3.63) is 77.8 Å². The quantitative estimate of drug-likeness (QED) is 0.180. The molecule has 12 heteroatoms. The maximum atomic E-state index is 12.9. The molecule has 40 heavy (non-hydrogen) atoms. The summed E-state index contributed by atoms with van der Waals surface area (Å²) >= 11 is 10.3. The number of para-hydroxylation sites is 1. The van der Waals surface area contributed by atoms with Crippen molar-refractivity contribution in [2.45, 2.75) is 28.4 Å². The minimum absolute atomic E-state index is 0.0422. The van der Waals surface area contributed by atoms with Gasteiger partial charge in [0.15, 0.2) is 15.3 Å². The maximum absolute atomic E-state index is 12.9. The summed E-state index contributed by atoms with van der Waals surface area (Å²) < 4.78 is 3.72. The normalized spacial score (nSPS) is 12.9. The van der Waals surface area contributed by atoms with Crippen LogP contribution in [0.25, 0.3) is 27.3 Å². The summed E-state index contributed by atoms with van der Waals surface area (Å²) in [5, 5.41) is 16.0. The van der Waals surface area contributed by atoms with E-state index >= 15 is 0 Å². The lowest BCUT2D eigenvalue weighted by Gasteiger charge is -2.10. The molecule has 6 rings (SSSR count). The number of halogens is 1. The number of carbonyl (C=O) groups is 2. The van der Waals surface area contributed by atoms with Crippen molar-refractivity contribution in [2.24, 2.45) is 0 Å². The third-order valence-corrected chi connectivity index (χ3v) is 9.35. The predicted molar refractivity (Wildman–Crippen MR) is 163 cm³/mol. The number of hydrogen-bond acceptors (Lipinski definition) is 8. The SMILES string of the molecule is O=C(CSc1nnc(-c2ccc(Cl)cc2)n1-c1ccccc1)Nc1ccc2nc(SCC(=O)NC3CC3)sc2c1. The van der Waals surface area contributed by atoms with Gasteiger partial charge in [0.2, 0.25) is 11.8 Å². The predicted octanol–water partition coefficient (Wildman–Crippen LogP) is 6.30. The molecule has 0 aliphatic heterocycles. The summed E-state index contributed by atoms with van der Waals surface area (Å²) in [5.74, 6) is 1.06. The molecule has 0 unspecified atom stereocenters. The molecule has 2 N–H and O–H groups in total. The molecule has 1 saturated carbocycles. The van der Waals surface area contributed by atoms with Gasteiger partial charge in [0.1, 0.15) is 0 Å². The lowest BCUT2D eigenvalue weighted by Crippen LogP contribution is -2.26. The first-order valence-corrected chi connectivity index (χ1v) is 15.7. The molecule has 8 nitrogen and oxygen atoms in total. The fraction of sp³-hybridized carbons (Fsp3) is 0.179. The molecular formula is C28H23ClN6O2S3. The summed E-state index contributed by atoms with van der Waals surface area (Å²) in [6.45, 7) is 0. The molecule has 0 radical (unpaired) electrons. The molecule has 1 aliphatic carbocycles. The standard InChI is InChI=1S/C28H23ClN6O2S3/c29-18-8-6-17(7-9-18)26-33-34-27(35(26)21-4-2-1-3-5-21)38-15-24(36)31-20-12-13-22-23(14-20)40-28(32-22)39-16-25(37)30-19-10-11-19/h1-9,12-14,19H,10-11,15-16H2,(H,30,37)(H,31,36). The highest BCUT2D eigenvalue weighted by atomic mass is 35.5. The van der Waals surface area contributed by atoms with Gasteiger partial charge in [0, 0.05) is 28.0 Å². The Balaban J connectivity index is 1.12. The Hall–Kier alpha value is -3.38. The molecule has 0 atom stereocenters. The number of benzene rings is 3. The van der Waals surface area contributed by atoms with Gasteiger partial charge in [-0.2, -0.15) is 0 Å². The molecule has 0 bridgehead atoms. The van der Waals surface area contributed by atoms with E-state index in [9.17, 15) is 9.59 Å². The number of thioether (sulfide) groups is 2. The second kappa shape index (κ2) is 12.0. The second-order valence-electron chi connectivity index (χ2n) is 9.11. The number of rotatable bonds is 10. The van der Waals surface area contributed by atoms with Crippen LogP contribution >= 0.6 is 46.5 Å². The lowest BCUT2D eigenvalue weighted by molar-refractivity contribution is -0.118. The molecule has 2 aromatic heterocycles. The van der Waals surface area contributed by atoms with Crippen LogP contribution in [0.5, 0.6) is 0 Å². The second-order valence-corrected chi connectivity index (χ2v) is 12.7. The van der Waals surface area contributed by atoms with E-state index < -0.39 is 0 Å². The zero-order chi connectivity index (χ0) is 27.5. The summed E-state index contributed by atoms with van der Waals surface area (Å²) in [7, 11) is 0. The van der Waals surface area contributed by atoms with Gasteiger partial charge in [-0.25, -0.2) is 4.98 Å². The van der Waals surface area contributed by atoms with Crippen LogP contribution in [0.2, 0.25) is 5.02 Å². The molecule has 1 fully saturated rings. The van der Waals surface area contributed by atoms with Crippen LogP contribution in [0.15, 0.2) is 82.3 Å². The maximum Gasteiger partial charge on any atom is 0.234 e. The van der Waals surface area contributed by atoms with E-state index in [-0.39, 0.29) is 17.6 Å². The average molecular weight is 607 g/mol. The molecule has 3 aromatic carbocycles. The Kier molecular flexibility index (Phi) is 8.05. The Morgan fingerprint density at radius 2 is 1.73 bits per heavy atom. The molecule has 5 aromatic rings. The van der Waals surface area contributed by atoms with Crippen LogP contribution < -0.4 is 10.6 Å². The molecule has 1 aliphatic rings. The van der Waals surface area contributed by atoms with Gasteiger partial charge in [0.05, 0.1) is 21.7 Å². The van der Waals surface area contributed by atoms with Crippen molar-refractivity contribution in [1.82, 2.24) is 25.1 Å². The van der Waals surface area contributed by atoms with Crippen LogP contribution in [0.1, 0.15) is 12.8 Å². The van der Waals surface area contributed by atoms with E-state index in [1.807, 2.05) is 77.4 Å². The van der Waals surface area contributed by atoms with Crippen LogP contribution in [0.4, 0.5) is 5.69 Å². The van der Waals surface area contributed by atoms with Crippen LogP contribution in [0.3, 0.4) is 0 Å². The van der Waals surface area contributed by atoms with E-state index in [0.717, 1.165) is 38.6 Å². The Bertz CT molecular complexity index is 1670. The zero-order valence-corrected chi connectivity index (χ0v) is 24.2. The molecule has 2 heterocycles. The first-order valence-electron chi connectivity index (χ1n) is 12.5. The van der Waals surface area contributed by atoms with E-state index in [0.29, 0.717) is 33.5 Å². The van der Waals surface area contributed by atoms with Gasteiger partial charge in [-0.3, -0.25) is 14.2 Å². The highest BCUT2D eigenvalue weighted by Crippen LogP contribution is 2.32. The monoisotopic (exact) mass is 606 g/mol. The Morgan fingerprint density at radius 1 is 0.950 bits per heavy atom. The number of amides is 2. The summed E-state index contributed by atoms with van der Waals surface area (Å²) in [5.41, 5.74) is 3.30. The van der Waals surface area contributed by atoms with E-state index in [1.54, 1.807) is 0 Å². The van der Waals surface area contributed by atoms with Crippen LogP contribution in [0, 0.1) is 0 Å². The largest absolute Gasteiger partial charge is 0.353 e. The molecule has 0 saturated heterocycles. The number of hydrogen-bond donors (Lipinski definition) is 2. The highest BCUT2D eigenvalue weighted by Gasteiger charge is 2.23. The molecule has 202 valence electrons. The van der Waals surface area contributed by atoms with Gasteiger partial charge >= 0.3 is 0 Å². The fourth-order valence-corrected chi connectivity index (χ4v) is 6.75. The van der Waals surface area contributed by atoms with E-state index in [4.69, 9.17) is 11.6 Å². The molecule has 2 amide bonds. The van der Waals surface area contributed by atoms with Crippen molar-refractivity contribution >= 4 is 74.2 Å². The number of nitrogens with zero attached hydrogens (tertiary/aromatic N) is 4. The smallest absolute Gasteiger partial charge is 0.234 e. The third-order valence-electron chi connectivity index (χ3n) is 6.00. The average Bonchev–Trinajstić information content (AvgIpc) is 3.52. The van der Waals surface area contributed by atoms with Crippen molar-refractivity contribution in [3.8, 4) is 17.1 Å². The molecule has 0 spiro atoms. The van der Waals surface area contributed by atoms with Crippen molar-refractivity contribution in [1.29, 1.82) is 0 Å². The molecular weight excluding hydrogens is 584 g/mol. The van der Waals surface area contributed by atoms with Crippen molar-refractivity contribution < 1.29 is 9.59 Å². The summed E-state index contributed by atoms with van der Waals surface area (Å²) in [6, 6.07) is 23.2. The first kappa shape index (κ1) is 26.8. The van der Waals surface area contributed by atoms with E-state index in [1.165, 1.54) is 34.9 Å². The van der Waals surface area contributed by atoms with Crippen LogP contribution in [-0.2, 0) is 9.59 Å². The summed E-state index contributed by atoms with van der Waals surface area (Å²) in [4.78, 5) is 29.5. The Morgan fingerprint density at radius 3 is 2.50 bits per heavy atom. The number of fused-ring (bicyclic) bond motifs is 1. The van der Waals surface area contributed by atoms with Gasteiger partial charge in [-0.05, 0) is 67.4 Å². The highest BCUT2D eigenvalue weighted by molar-refractivity contribution is 8.01. The van der Waals surface area contributed by atoms with Crippen molar-refractivity contribution in [3.63, 3.8) is 0 Å². The fourth-order valence-electron chi connectivity index (χ4n) is 3.95. The van der Waals surface area contributed by atoms with Gasteiger partial charge in [-0.15, -0.1) is 21.5 Å². The number of nitrogens with one attached hydrogen (secondary N) is 2. The van der Waals surface area contributed by atoms with Gasteiger partial charge in [-0.1, -0.05) is 53.3 Å². The number of carbonyl (C=O) groups excluding carboxylic acids is 2. The number of thiazole rings is 1.